The van der Waals surface area contributed by atoms with E-state index in [0.29, 0.717) is 33.3 Å². The van der Waals surface area contributed by atoms with E-state index >= 15 is 0 Å². The Bertz CT molecular complexity index is 1490. The first-order chi connectivity index (χ1) is 16.5. The van der Waals surface area contributed by atoms with Crippen LogP contribution in [-0.4, -0.2) is 41.2 Å². The second-order valence-corrected chi connectivity index (χ2v) is 9.18. The minimum Gasteiger partial charge on any atom is -0.306 e. The van der Waals surface area contributed by atoms with E-state index < -0.39 is 0 Å². The van der Waals surface area contributed by atoms with Crippen LogP contribution in [0.25, 0.3) is 22.5 Å². The number of rotatable bonds is 6. The third-order valence-electron chi connectivity index (χ3n) is 5.12. The maximum Gasteiger partial charge on any atom is 0.257 e. The lowest BCUT2D eigenvalue weighted by Gasteiger charge is -2.11. The van der Waals surface area contributed by atoms with E-state index in [1.807, 2.05) is 49.4 Å². The van der Waals surface area contributed by atoms with Gasteiger partial charge < -0.3 is 5.32 Å². The van der Waals surface area contributed by atoms with Gasteiger partial charge in [-0.1, -0.05) is 30.7 Å². The summed E-state index contributed by atoms with van der Waals surface area (Å²) in [5.41, 5.74) is 2.79. The number of hydrogen-bond donors (Lipinski definition) is 1. The molecule has 0 saturated heterocycles. The van der Waals surface area contributed by atoms with Crippen LogP contribution in [0.4, 0.5) is 5.82 Å². The highest BCUT2D eigenvalue weighted by Gasteiger charge is 2.19. The number of amides is 1. The molecule has 0 bridgehead atoms. The van der Waals surface area contributed by atoms with Crippen LogP contribution in [0.3, 0.4) is 0 Å². The zero-order valence-electron chi connectivity index (χ0n) is 18.4. The monoisotopic (exact) mass is 489 g/mol. The fourth-order valence-corrected chi connectivity index (χ4v) is 4.57. The summed E-state index contributed by atoms with van der Waals surface area (Å²) < 4.78 is 3.32. The molecule has 3 heterocycles. The Labute approximate surface area is 205 Å². The molecule has 0 spiro atoms. The molecule has 0 aliphatic carbocycles. The Kier molecular flexibility index (Phi) is 6.04. The van der Waals surface area contributed by atoms with Gasteiger partial charge in [0.2, 0.25) is 0 Å². The van der Waals surface area contributed by atoms with E-state index in [1.165, 1.54) is 6.33 Å². The zero-order valence-corrected chi connectivity index (χ0v) is 20.0. The van der Waals surface area contributed by atoms with Crippen LogP contribution in [0, 0.1) is 6.92 Å². The molecule has 8 nitrogen and oxygen atoms in total. The largest absolute Gasteiger partial charge is 0.306 e. The minimum atomic E-state index is -0.208. The Morgan fingerprint density at radius 1 is 1.09 bits per heavy atom. The fourth-order valence-electron chi connectivity index (χ4n) is 3.64. The van der Waals surface area contributed by atoms with Crippen molar-refractivity contribution in [3.8, 4) is 11.5 Å². The van der Waals surface area contributed by atoms with Gasteiger partial charge in [-0.15, -0.1) is 11.8 Å². The smallest absolute Gasteiger partial charge is 0.257 e. The Hall–Kier alpha value is -3.69. The first-order valence-electron chi connectivity index (χ1n) is 10.6. The SMILES string of the molecule is CCSc1ccccc1C(=O)Nc1cc(C)nn1-c1ncnc2c1cnn2-c1ccc(Cl)cc1. The number of thioether (sulfide) groups is 1. The molecule has 2 aromatic carbocycles. The maximum absolute atomic E-state index is 13.2. The van der Waals surface area contributed by atoms with Crippen molar-refractivity contribution in [2.45, 2.75) is 18.7 Å². The van der Waals surface area contributed by atoms with Crippen LogP contribution >= 0.6 is 23.4 Å². The average Bonchev–Trinajstić information content (AvgIpc) is 3.43. The number of fused-ring (bicyclic) bond motifs is 1. The van der Waals surface area contributed by atoms with Crippen molar-refractivity contribution in [3.05, 3.63) is 83.4 Å². The molecular weight excluding hydrogens is 470 g/mol. The average molecular weight is 490 g/mol. The Morgan fingerprint density at radius 2 is 1.88 bits per heavy atom. The predicted molar refractivity (Wildman–Crippen MR) is 134 cm³/mol. The summed E-state index contributed by atoms with van der Waals surface area (Å²) in [4.78, 5) is 23.0. The van der Waals surface area contributed by atoms with Crippen LogP contribution in [0.2, 0.25) is 5.02 Å². The van der Waals surface area contributed by atoms with Gasteiger partial charge in [0.1, 0.15) is 12.1 Å². The summed E-state index contributed by atoms with van der Waals surface area (Å²) in [5, 5.41) is 13.4. The number of hydrogen-bond acceptors (Lipinski definition) is 6. The number of nitrogens with one attached hydrogen (secondary N) is 1. The summed E-state index contributed by atoms with van der Waals surface area (Å²) in [7, 11) is 0. The highest BCUT2D eigenvalue weighted by molar-refractivity contribution is 7.99. The second-order valence-electron chi connectivity index (χ2n) is 7.43. The van der Waals surface area contributed by atoms with Crippen LogP contribution in [-0.2, 0) is 0 Å². The molecule has 0 atom stereocenters. The molecule has 0 fully saturated rings. The van der Waals surface area contributed by atoms with Crippen molar-refractivity contribution in [1.82, 2.24) is 29.5 Å². The number of aromatic nitrogens is 6. The van der Waals surface area contributed by atoms with Crippen molar-refractivity contribution < 1.29 is 4.79 Å². The molecule has 0 unspecified atom stereocenters. The van der Waals surface area contributed by atoms with Gasteiger partial charge in [0.05, 0.1) is 28.5 Å². The number of carbonyl (C=O) groups is 1. The van der Waals surface area contributed by atoms with Crippen molar-refractivity contribution >= 4 is 46.1 Å². The van der Waals surface area contributed by atoms with Gasteiger partial charge in [-0.25, -0.2) is 14.6 Å². The Morgan fingerprint density at radius 3 is 2.68 bits per heavy atom. The van der Waals surface area contributed by atoms with E-state index in [2.05, 4.69) is 32.4 Å². The summed E-state index contributed by atoms with van der Waals surface area (Å²) >= 11 is 7.65. The van der Waals surface area contributed by atoms with Crippen LogP contribution in [0.1, 0.15) is 23.0 Å². The first-order valence-corrected chi connectivity index (χ1v) is 12.0. The number of nitrogens with zero attached hydrogens (tertiary/aromatic N) is 6. The number of anilines is 1. The lowest BCUT2D eigenvalue weighted by molar-refractivity contribution is 0.102. The molecule has 1 N–H and O–H groups in total. The molecular formula is C24H20ClN7OS. The van der Waals surface area contributed by atoms with E-state index in [4.69, 9.17) is 11.6 Å². The summed E-state index contributed by atoms with van der Waals surface area (Å²) in [5.74, 6) is 1.69. The van der Waals surface area contributed by atoms with E-state index in [-0.39, 0.29) is 5.91 Å². The molecule has 0 saturated carbocycles. The van der Waals surface area contributed by atoms with Gasteiger partial charge in [0.25, 0.3) is 5.91 Å². The number of benzene rings is 2. The van der Waals surface area contributed by atoms with Gasteiger partial charge in [0, 0.05) is 16.0 Å². The quantitative estimate of drug-likeness (QED) is 0.324. The van der Waals surface area contributed by atoms with Crippen molar-refractivity contribution in [2.24, 2.45) is 0 Å². The lowest BCUT2D eigenvalue weighted by Crippen LogP contribution is -2.16. The highest BCUT2D eigenvalue weighted by atomic mass is 35.5. The second kappa shape index (κ2) is 9.28. The highest BCUT2D eigenvalue weighted by Crippen LogP contribution is 2.26. The van der Waals surface area contributed by atoms with Gasteiger partial charge >= 0.3 is 0 Å². The summed E-state index contributed by atoms with van der Waals surface area (Å²) in [6, 6.07) is 16.7. The normalized spacial score (nSPS) is 11.1. The standard InChI is InChI=1S/C24H20ClN7OS/c1-3-34-20-7-5-4-6-18(20)24(33)29-21-12-15(2)30-32(21)23-19-13-28-31(22(19)26-14-27-23)17-10-8-16(25)9-11-17/h4-14H,3H2,1-2H3,(H,29,33). The third kappa shape index (κ3) is 4.15. The van der Waals surface area contributed by atoms with E-state index in [9.17, 15) is 4.79 Å². The number of aryl methyl sites for hydroxylation is 1. The van der Waals surface area contributed by atoms with Crippen molar-refractivity contribution in [3.63, 3.8) is 0 Å². The first kappa shape index (κ1) is 22.1. The van der Waals surface area contributed by atoms with Crippen LogP contribution < -0.4 is 5.32 Å². The van der Waals surface area contributed by atoms with Gasteiger partial charge in [-0.3, -0.25) is 4.79 Å². The zero-order chi connectivity index (χ0) is 23.7. The number of halogens is 1. The molecule has 5 aromatic rings. The molecule has 10 heteroatoms. The molecule has 1 amide bonds. The summed E-state index contributed by atoms with van der Waals surface area (Å²) in [6.45, 7) is 3.92. The van der Waals surface area contributed by atoms with E-state index in [0.717, 1.165) is 22.0 Å². The Balaban J connectivity index is 1.54. The van der Waals surface area contributed by atoms with Crippen LogP contribution in [0.5, 0.6) is 0 Å². The summed E-state index contributed by atoms with van der Waals surface area (Å²) in [6.07, 6.45) is 3.15. The van der Waals surface area contributed by atoms with Gasteiger partial charge in [0.15, 0.2) is 11.5 Å². The van der Waals surface area contributed by atoms with Crippen molar-refractivity contribution in [2.75, 3.05) is 11.1 Å². The minimum absolute atomic E-state index is 0.208. The molecule has 170 valence electrons. The lowest BCUT2D eigenvalue weighted by atomic mass is 10.2. The molecule has 5 rings (SSSR count). The number of carbonyl (C=O) groups excluding carboxylic acids is 1. The van der Waals surface area contributed by atoms with Gasteiger partial charge in [-0.05, 0) is 49.1 Å². The van der Waals surface area contributed by atoms with Crippen molar-refractivity contribution in [1.29, 1.82) is 0 Å². The third-order valence-corrected chi connectivity index (χ3v) is 6.33. The molecule has 0 radical (unpaired) electrons. The predicted octanol–water partition coefficient (Wildman–Crippen LogP) is 5.33. The van der Waals surface area contributed by atoms with Gasteiger partial charge in [-0.2, -0.15) is 14.9 Å². The van der Waals surface area contributed by atoms with E-state index in [1.54, 1.807) is 39.5 Å². The molecule has 0 aliphatic heterocycles. The topological polar surface area (TPSA) is 90.5 Å². The molecule has 3 aromatic heterocycles. The van der Waals surface area contributed by atoms with Crippen LogP contribution in [0.15, 0.2) is 72.0 Å². The molecule has 0 aliphatic rings. The maximum atomic E-state index is 13.2. The molecule has 34 heavy (non-hydrogen) atoms. The fraction of sp³-hybridized carbons (Fsp3) is 0.125.